The number of thioether (sulfide) groups is 1. The van der Waals surface area contributed by atoms with E-state index in [9.17, 15) is 4.79 Å². The molecule has 0 spiro atoms. The minimum atomic E-state index is -0.495. The Balaban J connectivity index is 2.47. The molecule has 4 nitrogen and oxygen atoms in total. The number of nitrogens with one attached hydrogen (secondary N) is 1. The van der Waals surface area contributed by atoms with Gasteiger partial charge in [-0.15, -0.1) is 0 Å². The van der Waals surface area contributed by atoms with Crippen LogP contribution in [0.2, 0.25) is 5.02 Å². The maximum Gasteiger partial charge on any atom is 0.242 e. The maximum atomic E-state index is 11.6. The number of hydrogen-bond donors (Lipinski definition) is 2. The van der Waals surface area contributed by atoms with E-state index < -0.39 is 6.04 Å². The number of halogens is 1. The Bertz CT molecular complexity index is 344. The smallest absolute Gasteiger partial charge is 0.242 e. The molecule has 0 saturated carbocycles. The van der Waals surface area contributed by atoms with Crippen LogP contribution in [0.15, 0.2) is 18.3 Å². The van der Waals surface area contributed by atoms with Crippen LogP contribution >= 0.6 is 23.4 Å². The van der Waals surface area contributed by atoms with Crippen molar-refractivity contribution < 1.29 is 4.79 Å². The van der Waals surface area contributed by atoms with Crippen molar-refractivity contribution in [3.63, 3.8) is 0 Å². The van der Waals surface area contributed by atoms with Crippen LogP contribution in [-0.2, 0) is 4.79 Å². The maximum absolute atomic E-state index is 11.6. The van der Waals surface area contributed by atoms with Gasteiger partial charge in [-0.25, -0.2) is 4.98 Å². The molecule has 0 aliphatic heterocycles. The van der Waals surface area contributed by atoms with E-state index in [-0.39, 0.29) is 5.91 Å². The lowest BCUT2D eigenvalue weighted by Gasteiger charge is -2.10. The number of nitrogens with two attached hydrogens (primary N) is 1. The van der Waals surface area contributed by atoms with Gasteiger partial charge in [0.1, 0.15) is 5.82 Å². The van der Waals surface area contributed by atoms with Gasteiger partial charge in [-0.3, -0.25) is 4.79 Å². The summed E-state index contributed by atoms with van der Waals surface area (Å²) in [6, 6.07) is 2.81. The number of pyridine rings is 1. The topological polar surface area (TPSA) is 68.0 Å². The summed E-state index contributed by atoms with van der Waals surface area (Å²) in [6.45, 7) is 0. The van der Waals surface area contributed by atoms with Gasteiger partial charge in [-0.05, 0) is 30.6 Å². The van der Waals surface area contributed by atoms with Gasteiger partial charge in [0.15, 0.2) is 0 Å². The molecule has 1 aromatic heterocycles. The highest BCUT2D eigenvalue weighted by molar-refractivity contribution is 7.98. The average Bonchev–Trinajstić information content (AvgIpc) is 2.29. The third-order valence-electron chi connectivity index (χ3n) is 1.95. The number of carbonyl (C=O) groups excluding carboxylic acids is 1. The van der Waals surface area contributed by atoms with Crippen molar-refractivity contribution >= 4 is 35.1 Å². The SMILES string of the molecule is CSCC[C@H](N)C(=O)Nc1ccc(Cl)cn1. The lowest BCUT2D eigenvalue weighted by molar-refractivity contribution is -0.117. The fourth-order valence-electron chi connectivity index (χ4n) is 1.04. The first-order valence-electron chi connectivity index (χ1n) is 4.80. The number of rotatable bonds is 5. The molecule has 0 unspecified atom stereocenters. The van der Waals surface area contributed by atoms with Crippen molar-refractivity contribution in [2.75, 3.05) is 17.3 Å². The Kier molecular flexibility index (Phi) is 5.59. The van der Waals surface area contributed by atoms with Crippen molar-refractivity contribution in [1.29, 1.82) is 0 Å². The highest BCUT2D eigenvalue weighted by atomic mass is 35.5. The molecule has 0 aliphatic rings. The van der Waals surface area contributed by atoms with E-state index in [1.807, 2.05) is 6.26 Å². The van der Waals surface area contributed by atoms with Crippen molar-refractivity contribution in [1.82, 2.24) is 4.98 Å². The standard InChI is InChI=1S/C10H14ClN3OS/c1-16-5-4-8(12)10(15)14-9-3-2-7(11)6-13-9/h2-3,6,8H,4-5,12H2,1H3,(H,13,14,15)/t8-/m0/s1. The number of nitrogens with zero attached hydrogens (tertiary/aromatic N) is 1. The second-order valence-corrected chi connectivity index (χ2v) is 4.66. The first-order chi connectivity index (χ1) is 7.63. The molecule has 0 aliphatic carbocycles. The summed E-state index contributed by atoms with van der Waals surface area (Å²) in [7, 11) is 0. The van der Waals surface area contributed by atoms with Crippen molar-refractivity contribution in [3.8, 4) is 0 Å². The number of anilines is 1. The van der Waals surface area contributed by atoms with Gasteiger partial charge in [0.2, 0.25) is 5.91 Å². The minimum absolute atomic E-state index is 0.219. The highest BCUT2D eigenvalue weighted by Crippen LogP contribution is 2.10. The normalized spacial score (nSPS) is 12.2. The molecule has 1 rings (SSSR count). The van der Waals surface area contributed by atoms with E-state index >= 15 is 0 Å². The third kappa shape index (κ3) is 4.38. The molecule has 1 aromatic rings. The Morgan fingerprint density at radius 3 is 3.00 bits per heavy atom. The molecule has 1 atom stereocenters. The molecule has 0 saturated heterocycles. The Hall–Kier alpha value is -0.780. The van der Waals surface area contributed by atoms with Crippen LogP contribution in [-0.4, -0.2) is 28.9 Å². The van der Waals surface area contributed by atoms with Crippen molar-refractivity contribution in [2.45, 2.75) is 12.5 Å². The second kappa shape index (κ2) is 6.73. The van der Waals surface area contributed by atoms with Crippen LogP contribution in [0, 0.1) is 0 Å². The predicted molar refractivity (Wildman–Crippen MR) is 68.9 cm³/mol. The molecule has 0 aromatic carbocycles. The van der Waals surface area contributed by atoms with Gasteiger partial charge in [0, 0.05) is 6.20 Å². The lowest BCUT2D eigenvalue weighted by atomic mass is 10.2. The lowest BCUT2D eigenvalue weighted by Crippen LogP contribution is -2.36. The van der Waals surface area contributed by atoms with E-state index in [1.54, 1.807) is 23.9 Å². The quantitative estimate of drug-likeness (QED) is 0.846. The summed E-state index contributed by atoms with van der Waals surface area (Å²) in [5, 5.41) is 3.17. The Morgan fingerprint density at radius 2 is 2.44 bits per heavy atom. The number of carbonyl (C=O) groups is 1. The fourth-order valence-corrected chi connectivity index (χ4v) is 1.65. The molecule has 3 N–H and O–H groups in total. The van der Waals surface area contributed by atoms with Gasteiger partial charge >= 0.3 is 0 Å². The van der Waals surface area contributed by atoms with Crippen LogP contribution in [0.25, 0.3) is 0 Å². The van der Waals surface area contributed by atoms with E-state index in [4.69, 9.17) is 17.3 Å². The second-order valence-electron chi connectivity index (χ2n) is 3.24. The molecule has 88 valence electrons. The first-order valence-corrected chi connectivity index (χ1v) is 6.57. The molecule has 1 amide bonds. The average molecular weight is 260 g/mol. The summed E-state index contributed by atoms with van der Waals surface area (Å²) in [5.74, 6) is 1.11. The molecular formula is C10H14ClN3OS. The Morgan fingerprint density at radius 1 is 1.69 bits per heavy atom. The molecule has 0 radical (unpaired) electrons. The van der Waals surface area contributed by atoms with Crippen molar-refractivity contribution in [2.24, 2.45) is 5.73 Å². The summed E-state index contributed by atoms with van der Waals surface area (Å²) in [4.78, 5) is 15.5. The van der Waals surface area contributed by atoms with E-state index in [0.29, 0.717) is 17.3 Å². The van der Waals surface area contributed by atoms with Gasteiger partial charge in [-0.1, -0.05) is 11.6 Å². The summed E-state index contributed by atoms with van der Waals surface area (Å²) >= 11 is 7.34. The van der Waals surface area contributed by atoms with Gasteiger partial charge in [0.25, 0.3) is 0 Å². The predicted octanol–water partition coefficient (Wildman–Crippen LogP) is 1.75. The van der Waals surface area contributed by atoms with Crippen LogP contribution in [0.5, 0.6) is 0 Å². The zero-order valence-electron chi connectivity index (χ0n) is 8.94. The number of hydrogen-bond acceptors (Lipinski definition) is 4. The molecule has 0 fully saturated rings. The van der Waals surface area contributed by atoms with Crippen molar-refractivity contribution in [3.05, 3.63) is 23.4 Å². The van der Waals surface area contributed by atoms with E-state index in [1.165, 1.54) is 6.20 Å². The zero-order chi connectivity index (χ0) is 12.0. The van der Waals surface area contributed by atoms with Crippen LogP contribution in [0.4, 0.5) is 5.82 Å². The minimum Gasteiger partial charge on any atom is -0.320 e. The summed E-state index contributed by atoms with van der Waals surface area (Å²) < 4.78 is 0. The zero-order valence-corrected chi connectivity index (χ0v) is 10.5. The number of aromatic nitrogens is 1. The summed E-state index contributed by atoms with van der Waals surface area (Å²) in [5.41, 5.74) is 5.70. The molecule has 1 heterocycles. The molecule has 0 bridgehead atoms. The third-order valence-corrected chi connectivity index (χ3v) is 2.82. The molecule has 16 heavy (non-hydrogen) atoms. The molecular weight excluding hydrogens is 246 g/mol. The first kappa shape index (κ1) is 13.3. The highest BCUT2D eigenvalue weighted by Gasteiger charge is 2.13. The Labute approximate surface area is 104 Å². The molecule has 6 heteroatoms. The monoisotopic (exact) mass is 259 g/mol. The van der Waals surface area contributed by atoms with E-state index in [0.717, 1.165) is 5.75 Å². The largest absolute Gasteiger partial charge is 0.320 e. The van der Waals surface area contributed by atoms with Gasteiger partial charge in [0.05, 0.1) is 11.1 Å². The fraction of sp³-hybridized carbons (Fsp3) is 0.400. The summed E-state index contributed by atoms with van der Waals surface area (Å²) in [6.07, 6.45) is 4.11. The van der Waals surface area contributed by atoms with Gasteiger partial charge < -0.3 is 11.1 Å². The van der Waals surface area contributed by atoms with Crippen LogP contribution in [0.3, 0.4) is 0 Å². The van der Waals surface area contributed by atoms with Gasteiger partial charge in [-0.2, -0.15) is 11.8 Å². The van der Waals surface area contributed by atoms with E-state index in [2.05, 4.69) is 10.3 Å². The van der Waals surface area contributed by atoms with Crippen LogP contribution in [0.1, 0.15) is 6.42 Å². The van der Waals surface area contributed by atoms with Crippen LogP contribution < -0.4 is 11.1 Å². The number of amides is 1.